The van der Waals surface area contributed by atoms with Gasteiger partial charge in [-0.1, -0.05) is 25.1 Å². The number of thiazole rings is 1. The molecule has 2 aromatic rings. The summed E-state index contributed by atoms with van der Waals surface area (Å²) in [6.07, 6.45) is 2.79. The van der Waals surface area contributed by atoms with Crippen LogP contribution in [-0.2, 0) is 0 Å². The molecular weight excluding hydrogens is 435 g/mol. The second-order valence-electron chi connectivity index (χ2n) is 5.81. The van der Waals surface area contributed by atoms with Gasteiger partial charge in [0.15, 0.2) is 5.96 Å². The molecule has 2 heterocycles. The van der Waals surface area contributed by atoms with E-state index in [1.165, 1.54) is 4.88 Å². The van der Waals surface area contributed by atoms with Crippen molar-refractivity contribution in [3.63, 3.8) is 0 Å². The lowest BCUT2D eigenvalue weighted by molar-refractivity contribution is 0.262. The average molecular weight is 458 g/mol. The summed E-state index contributed by atoms with van der Waals surface area (Å²) in [4.78, 5) is 10.1. The van der Waals surface area contributed by atoms with Crippen LogP contribution in [0.5, 0.6) is 5.75 Å². The van der Waals surface area contributed by atoms with Gasteiger partial charge in [-0.3, -0.25) is 4.99 Å². The highest BCUT2D eigenvalue weighted by Crippen LogP contribution is 2.31. The van der Waals surface area contributed by atoms with E-state index < -0.39 is 0 Å². The maximum Gasteiger partial charge on any atom is 0.189 e. The molecule has 0 bridgehead atoms. The third kappa shape index (κ3) is 4.60. The first-order valence-electron chi connectivity index (χ1n) is 7.84. The van der Waals surface area contributed by atoms with Crippen molar-refractivity contribution in [1.82, 2.24) is 10.3 Å². The predicted octanol–water partition coefficient (Wildman–Crippen LogP) is 3.60. The smallest absolute Gasteiger partial charge is 0.189 e. The third-order valence-corrected chi connectivity index (χ3v) is 5.02. The van der Waals surface area contributed by atoms with Gasteiger partial charge in [-0.05, 0) is 13.0 Å². The van der Waals surface area contributed by atoms with Crippen LogP contribution in [0.1, 0.15) is 40.8 Å². The molecule has 0 fully saturated rings. The van der Waals surface area contributed by atoms with E-state index in [1.807, 2.05) is 24.4 Å². The first-order chi connectivity index (χ1) is 11.1. The fourth-order valence-electron chi connectivity index (χ4n) is 2.63. The van der Waals surface area contributed by atoms with Crippen LogP contribution >= 0.6 is 35.3 Å². The highest BCUT2D eigenvalue weighted by molar-refractivity contribution is 14.0. The van der Waals surface area contributed by atoms with Gasteiger partial charge in [-0.25, -0.2) is 4.98 Å². The average Bonchev–Trinajstić information content (AvgIpc) is 2.99. The van der Waals surface area contributed by atoms with Gasteiger partial charge >= 0.3 is 0 Å². The van der Waals surface area contributed by atoms with Crippen LogP contribution in [0.4, 0.5) is 0 Å². The van der Waals surface area contributed by atoms with E-state index in [0.29, 0.717) is 19.1 Å². The Labute approximate surface area is 163 Å². The number of nitrogens with one attached hydrogen (secondary N) is 1. The molecule has 0 saturated carbocycles. The number of para-hydroxylation sites is 1. The van der Waals surface area contributed by atoms with E-state index in [2.05, 4.69) is 35.2 Å². The molecule has 1 aliphatic rings. The summed E-state index contributed by atoms with van der Waals surface area (Å²) in [5.74, 6) is 1.68. The molecule has 2 atom stereocenters. The number of nitrogens with zero attached hydrogens (tertiary/aromatic N) is 2. The molecule has 0 aliphatic carbocycles. The van der Waals surface area contributed by atoms with Crippen LogP contribution in [-0.4, -0.2) is 24.1 Å². The minimum atomic E-state index is 0. The van der Waals surface area contributed by atoms with Gasteiger partial charge in [0.2, 0.25) is 0 Å². The summed E-state index contributed by atoms with van der Waals surface area (Å²) >= 11 is 1.72. The van der Waals surface area contributed by atoms with Crippen LogP contribution in [0.2, 0.25) is 0 Å². The van der Waals surface area contributed by atoms with E-state index in [1.54, 1.807) is 11.3 Å². The molecule has 0 saturated heterocycles. The number of ether oxygens (including phenoxy) is 1. The van der Waals surface area contributed by atoms with Crippen molar-refractivity contribution in [2.45, 2.75) is 32.2 Å². The Morgan fingerprint density at radius 1 is 1.50 bits per heavy atom. The van der Waals surface area contributed by atoms with Gasteiger partial charge in [0.05, 0.1) is 24.2 Å². The Bertz CT molecular complexity index is 703. The number of hydrogen-bond donors (Lipinski definition) is 2. The SMILES string of the molecule is Cc1cnc(C(C)CN=C(N)NC2CCOc3ccccc32)s1.I. The number of halogens is 1. The molecule has 1 aromatic carbocycles. The van der Waals surface area contributed by atoms with Gasteiger partial charge in [0, 0.05) is 29.0 Å². The first kappa shape index (κ1) is 19.0. The lowest BCUT2D eigenvalue weighted by Crippen LogP contribution is -2.37. The number of benzene rings is 1. The second-order valence-corrected chi connectivity index (χ2v) is 7.07. The first-order valence-corrected chi connectivity index (χ1v) is 8.65. The fourth-order valence-corrected chi connectivity index (χ4v) is 3.45. The van der Waals surface area contributed by atoms with Crippen LogP contribution < -0.4 is 15.8 Å². The van der Waals surface area contributed by atoms with E-state index in [4.69, 9.17) is 10.5 Å². The molecule has 3 N–H and O–H groups in total. The van der Waals surface area contributed by atoms with E-state index in [0.717, 1.165) is 22.7 Å². The largest absolute Gasteiger partial charge is 0.493 e. The number of hydrogen-bond acceptors (Lipinski definition) is 4. The zero-order chi connectivity index (χ0) is 16.2. The van der Waals surface area contributed by atoms with Crippen molar-refractivity contribution in [2.75, 3.05) is 13.2 Å². The zero-order valence-corrected chi connectivity index (χ0v) is 17.0. The molecule has 3 rings (SSSR count). The maximum atomic E-state index is 6.07. The summed E-state index contributed by atoms with van der Waals surface area (Å²) < 4.78 is 5.67. The third-order valence-electron chi connectivity index (χ3n) is 3.88. The van der Waals surface area contributed by atoms with Crippen molar-refractivity contribution in [3.8, 4) is 5.75 Å². The quantitative estimate of drug-likeness (QED) is 0.417. The Morgan fingerprint density at radius 3 is 3.04 bits per heavy atom. The number of aromatic nitrogens is 1. The normalized spacial score (nSPS) is 18.1. The molecule has 7 heteroatoms. The molecule has 1 aromatic heterocycles. The van der Waals surface area contributed by atoms with Crippen molar-refractivity contribution in [3.05, 3.63) is 45.9 Å². The molecule has 5 nitrogen and oxygen atoms in total. The van der Waals surface area contributed by atoms with Gasteiger partial charge in [-0.2, -0.15) is 0 Å². The minimum absolute atomic E-state index is 0. The molecule has 2 unspecified atom stereocenters. The highest BCUT2D eigenvalue weighted by atomic mass is 127. The molecule has 1 aliphatic heterocycles. The Kier molecular flexibility index (Phi) is 6.85. The molecule has 0 spiro atoms. The molecule has 130 valence electrons. The number of guanidine groups is 1. The summed E-state index contributed by atoms with van der Waals surface area (Å²) in [5, 5.41) is 4.42. The van der Waals surface area contributed by atoms with Crippen LogP contribution in [0.3, 0.4) is 0 Å². The lowest BCUT2D eigenvalue weighted by atomic mass is 10.0. The van der Waals surface area contributed by atoms with Crippen molar-refractivity contribution >= 4 is 41.3 Å². The van der Waals surface area contributed by atoms with Crippen LogP contribution in [0.15, 0.2) is 35.5 Å². The van der Waals surface area contributed by atoms with E-state index in [9.17, 15) is 0 Å². The summed E-state index contributed by atoms with van der Waals surface area (Å²) in [7, 11) is 0. The fraction of sp³-hybridized carbons (Fsp3) is 0.412. The molecule has 0 radical (unpaired) electrons. The van der Waals surface area contributed by atoms with Crippen molar-refractivity contribution in [2.24, 2.45) is 10.7 Å². The minimum Gasteiger partial charge on any atom is -0.493 e. The lowest BCUT2D eigenvalue weighted by Gasteiger charge is -2.27. The topological polar surface area (TPSA) is 72.5 Å². The number of nitrogens with two attached hydrogens (primary N) is 1. The van der Waals surface area contributed by atoms with Gasteiger partial charge < -0.3 is 15.8 Å². The van der Waals surface area contributed by atoms with Crippen molar-refractivity contribution in [1.29, 1.82) is 0 Å². The number of aryl methyl sites for hydroxylation is 1. The maximum absolute atomic E-state index is 6.07. The number of rotatable bonds is 4. The second kappa shape index (κ2) is 8.66. The van der Waals surface area contributed by atoms with Crippen LogP contribution in [0.25, 0.3) is 0 Å². The van der Waals surface area contributed by atoms with Gasteiger partial charge in [0.25, 0.3) is 0 Å². The Hall–Kier alpha value is -1.35. The monoisotopic (exact) mass is 458 g/mol. The van der Waals surface area contributed by atoms with E-state index in [-0.39, 0.29) is 35.9 Å². The van der Waals surface area contributed by atoms with Crippen LogP contribution in [0, 0.1) is 6.92 Å². The van der Waals surface area contributed by atoms with Gasteiger partial charge in [-0.15, -0.1) is 35.3 Å². The van der Waals surface area contributed by atoms with Crippen molar-refractivity contribution < 1.29 is 4.74 Å². The molecular formula is C17H23IN4OS. The number of aliphatic imine (C=N–C) groups is 1. The standard InChI is InChI=1S/C17H22N4OS.HI/c1-11(16-19-10-12(2)23-16)9-20-17(18)21-14-7-8-22-15-6-4-3-5-13(14)15;/h3-6,10-11,14H,7-9H2,1-2H3,(H3,18,20,21);1H. The predicted molar refractivity (Wildman–Crippen MR) is 110 cm³/mol. The summed E-state index contributed by atoms with van der Waals surface area (Å²) in [5.41, 5.74) is 7.21. The summed E-state index contributed by atoms with van der Waals surface area (Å²) in [6.45, 7) is 5.52. The molecule has 24 heavy (non-hydrogen) atoms. The van der Waals surface area contributed by atoms with Gasteiger partial charge in [0.1, 0.15) is 5.75 Å². The zero-order valence-electron chi connectivity index (χ0n) is 13.9. The van der Waals surface area contributed by atoms with E-state index >= 15 is 0 Å². The summed E-state index contributed by atoms with van der Waals surface area (Å²) in [6, 6.07) is 8.21. The number of fused-ring (bicyclic) bond motifs is 1. The molecule has 0 amide bonds. The Morgan fingerprint density at radius 2 is 2.29 bits per heavy atom. The highest BCUT2D eigenvalue weighted by Gasteiger charge is 2.21. The Balaban J connectivity index is 0.00000208.